The zero-order valence-electron chi connectivity index (χ0n) is 17.8. The number of hydrogen-bond donors (Lipinski definition) is 1. The third-order valence-corrected chi connectivity index (χ3v) is 5.71. The van der Waals surface area contributed by atoms with Crippen molar-refractivity contribution in [3.63, 3.8) is 0 Å². The van der Waals surface area contributed by atoms with E-state index in [1.807, 2.05) is 67.6 Å². The van der Waals surface area contributed by atoms with Crippen LogP contribution in [0.15, 0.2) is 89.1 Å². The van der Waals surface area contributed by atoms with E-state index in [2.05, 4.69) is 33.3 Å². The van der Waals surface area contributed by atoms with Gasteiger partial charge in [-0.3, -0.25) is 4.79 Å². The van der Waals surface area contributed by atoms with Crippen molar-refractivity contribution in [2.75, 3.05) is 12.4 Å². The molecule has 1 aromatic heterocycles. The standard InChI is InChI=1S/C25H24N4O2S/c1-2-31-21-14-12-19(13-15-21)16-26-28-24(30)18-32-25-27-22-10-6-7-11-23(22)29(25)17-20-8-4-3-5-9-20/h3-16H,2,17-18H2,1H3,(H,28,30). The summed E-state index contributed by atoms with van der Waals surface area (Å²) in [4.78, 5) is 17.1. The molecule has 1 N–H and O–H groups in total. The van der Waals surface area contributed by atoms with Crippen LogP contribution in [0.1, 0.15) is 18.1 Å². The number of carbonyl (C=O) groups excluding carboxylic acids is 1. The Morgan fingerprint density at radius 3 is 2.59 bits per heavy atom. The van der Waals surface area contributed by atoms with Gasteiger partial charge in [-0.2, -0.15) is 5.10 Å². The normalized spacial score (nSPS) is 11.2. The lowest BCUT2D eigenvalue weighted by Gasteiger charge is -2.09. The van der Waals surface area contributed by atoms with Crippen molar-refractivity contribution in [2.45, 2.75) is 18.6 Å². The Balaban J connectivity index is 1.39. The fourth-order valence-corrected chi connectivity index (χ4v) is 4.05. The van der Waals surface area contributed by atoms with Gasteiger partial charge in [-0.05, 0) is 54.4 Å². The van der Waals surface area contributed by atoms with Gasteiger partial charge in [0.2, 0.25) is 0 Å². The second-order valence-electron chi connectivity index (χ2n) is 7.04. The number of para-hydroxylation sites is 2. The number of benzene rings is 3. The molecule has 0 atom stereocenters. The number of thioether (sulfide) groups is 1. The molecular weight excluding hydrogens is 420 g/mol. The van der Waals surface area contributed by atoms with E-state index in [0.29, 0.717) is 13.2 Å². The summed E-state index contributed by atoms with van der Waals surface area (Å²) >= 11 is 1.40. The molecule has 7 heteroatoms. The minimum atomic E-state index is -0.185. The molecular formula is C25H24N4O2S. The molecule has 162 valence electrons. The van der Waals surface area contributed by atoms with E-state index in [1.54, 1.807) is 6.21 Å². The molecule has 3 aromatic carbocycles. The van der Waals surface area contributed by atoms with Crippen molar-refractivity contribution >= 4 is 34.9 Å². The Bertz CT molecular complexity index is 1200. The van der Waals surface area contributed by atoms with Crippen LogP contribution in [-0.4, -0.2) is 34.0 Å². The zero-order valence-corrected chi connectivity index (χ0v) is 18.6. The molecule has 0 bridgehead atoms. The smallest absolute Gasteiger partial charge is 0.250 e. The van der Waals surface area contributed by atoms with Gasteiger partial charge in [0.1, 0.15) is 5.75 Å². The van der Waals surface area contributed by atoms with Gasteiger partial charge in [0.15, 0.2) is 5.16 Å². The van der Waals surface area contributed by atoms with Crippen LogP contribution < -0.4 is 10.2 Å². The summed E-state index contributed by atoms with van der Waals surface area (Å²) in [5.74, 6) is 0.845. The summed E-state index contributed by atoms with van der Waals surface area (Å²) in [6, 6.07) is 25.8. The SMILES string of the molecule is CCOc1ccc(C=NNC(=O)CSc2nc3ccccc3n2Cc2ccccc2)cc1. The molecule has 0 fully saturated rings. The van der Waals surface area contributed by atoms with Crippen molar-refractivity contribution in [3.8, 4) is 5.75 Å². The van der Waals surface area contributed by atoms with Gasteiger partial charge < -0.3 is 9.30 Å². The number of rotatable bonds is 9. The predicted octanol–water partition coefficient (Wildman–Crippen LogP) is 4.73. The highest BCUT2D eigenvalue weighted by Crippen LogP contribution is 2.25. The number of amides is 1. The molecule has 0 saturated carbocycles. The Labute approximate surface area is 191 Å². The Hall–Kier alpha value is -3.58. The minimum absolute atomic E-state index is 0.185. The summed E-state index contributed by atoms with van der Waals surface area (Å²) in [6.45, 7) is 3.27. The Morgan fingerprint density at radius 2 is 1.81 bits per heavy atom. The van der Waals surface area contributed by atoms with Gasteiger partial charge in [0.05, 0.1) is 36.2 Å². The topological polar surface area (TPSA) is 68.5 Å². The average Bonchev–Trinajstić information content (AvgIpc) is 3.17. The van der Waals surface area contributed by atoms with Crippen molar-refractivity contribution < 1.29 is 9.53 Å². The van der Waals surface area contributed by atoms with Crippen LogP contribution in [-0.2, 0) is 11.3 Å². The average molecular weight is 445 g/mol. The molecule has 0 saturated heterocycles. The number of imidazole rings is 1. The van der Waals surface area contributed by atoms with Crippen molar-refractivity contribution in [1.29, 1.82) is 0 Å². The van der Waals surface area contributed by atoms with Crippen LogP contribution in [0.2, 0.25) is 0 Å². The van der Waals surface area contributed by atoms with Gasteiger partial charge in [-0.15, -0.1) is 0 Å². The molecule has 0 aliphatic carbocycles. The maximum absolute atomic E-state index is 12.3. The molecule has 6 nitrogen and oxygen atoms in total. The van der Waals surface area contributed by atoms with Crippen molar-refractivity contribution in [1.82, 2.24) is 15.0 Å². The molecule has 4 rings (SSSR count). The van der Waals surface area contributed by atoms with Crippen molar-refractivity contribution in [2.24, 2.45) is 5.10 Å². The first-order valence-corrected chi connectivity index (χ1v) is 11.4. The third kappa shape index (κ3) is 5.56. The summed E-state index contributed by atoms with van der Waals surface area (Å²) < 4.78 is 7.57. The highest BCUT2D eigenvalue weighted by molar-refractivity contribution is 7.99. The molecule has 0 unspecified atom stereocenters. The zero-order chi connectivity index (χ0) is 22.2. The number of hydrazone groups is 1. The second-order valence-corrected chi connectivity index (χ2v) is 7.98. The van der Waals surface area contributed by atoms with E-state index in [9.17, 15) is 4.79 Å². The quantitative estimate of drug-likeness (QED) is 0.230. The summed E-state index contributed by atoms with van der Waals surface area (Å²) in [7, 11) is 0. The highest BCUT2D eigenvalue weighted by Gasteiger charge is 2.13. The van der Waals surface area contributed by atoms with Crippen LogP contribution in [0.25, 0.3) is 11.0 Å². The first kappa shape index (κ1) is 21.6. The van der Waals surface area contributed by atoms with Gasteiger partial charge in [0.25, 0.3) is 5.91 Å². The van der Waals surface area contributed by atoms with E-state index >= 15 is 0 Å². The molecule has 0 aliphatic heterocycles. The summed E-state index contributed by atoms with van der Waals surface area (Å²) in [5, 5.41) is 4.86. The molecule has 4 aromatic rings. The molecule has 0 spiro atoms. The molecule has 1 amide bonds. The van der Waals surface area contributed by atoms with Gasteiger partial charge >= 0.3 is 0 Å². The fourth-order valence-electron chi connectivity index (χ4n) is 3.24. The number of fused-ring (bicyclic) bond motifs is 1. The van der Waals surface area contributed by atoms with Crippen LogP contribution in [0.3, 0.4) is 0 Å². The number of nitrogens with zero attached hydrogens (tertiary/aromatic N) is 3. The summed E-state index contributed by atoms with van der Waals surface area (Å²) in [6.07, 6.45) is 1.61. The first-order valence-electron chi connectivity index (χ1n) is 10.4. The highest BCUT2D eigenvalue weighted by atomic mass is 32.2. The van der Waals surface area contributed by atoms with Crippen LogP contribution >= 0.6 is 11.8 Å². The van der Waals surface area contributed by atoms with E-state index in [-0.39, 0.29) is 11.7 Å². The number of ether oxygens (including phenoxy) is 1. The number of nitrogens with one attached hydrogen (secondary N) is 1. The van der Waals surface area contributed by atoms with E-state index in [4.69, 9.17) is 9.72 Å². The minimum Gasteiger partial charge on any atom is -0.494 e. The largest absolute Gasteiger partial charge is 0.494 e. The van der Waals surface area contributed by atoms with Crippen LogP contribution in [0, 0.1) is 0 Å². The maximum Gasteiger partial charge on any atom is 0.250 e. The number of aromatic nitrogens is 2. The molecule has 0 radical (unpaired) electrons. The van der Waals surface area contributed by atoms with Gasteiger partial charge in [-0.1, -0.05) is 54.2 Å². The number of carbonyl (C=O) groups is 1. The van der Waals surface area contributed by atoms with Gasteiger partial charge in [0, 0.05) is 0 Å². The Kier molecular flexibility index (Phi) is 7.19. The third-order valence-electron chi connectivity index (χ3n) is 4.73. The summed E-state index contributed by atoms with van der Waals surface area (Å²) in [5.41, 5.74) is 6.61. The maximum atomic E-state index is 12.3. The fraction of sp³-hybridized carbons (Fsp3) is 0.160. The van der Waals surface area contributed by atoms with E-state index in [0.717, 1.165) is 27.5 Å². The number of hydrogen-bond acceptors (Lipinski definition) is 5. The van der Waals surface area contributed by atoms with E-state index in [1.165, 1.54) is 17.3 Å². The molecule has 1 heterocycles. The Morgan fingerprint density at radius 1 is 1.06 bits per heavy atom. The van der Waals surface area contributed by atoms with Crippen LogP contribution in [0.5, 0.6) is 5.75 Å². The lowest BCUT2D eigenvalue weighted by molar-refractivity contribution is -0.118. The van der Waals surface area contributed by atoms with Crippen molar-refractivity contribution in [3.05, 3.63) is 90.0 Å². The molecule has 32 heavy (non-hydrogen) atoms. The molecule has 0 aliphatic rings. The predicted molar refractivity (Wildman–Crippen MR) is 129 cm³/mol. The lowest BCUT2D eigenvalue weighted by Crippen LogP contribution is -2.20. The van der Waals surface area contributed by atoms with E-state index < -0.39 is 0 Å². The first-order chi connectivity index (χ1) is 15.7. The second kappa shape index (κ2) is 10.6. The van der Waals surface area contributed by atoms with Gasteiger partial charge in [-0.25, -0.2) is 10.4 Å². The lowest BCUT2D eigenvalue weighted by atomic mass is 10.2. The van der Waals surface area contributed by atoms with Crippen LogP contribution in [0.4, 0.5) is 0 Å². The monoisotopic (exact) mass is 444 g/mol.